The third-order valence-electron chi connectivity index (χ3n) is 5.82. The monoisotopic (exact) mass is 489 g/mol. The van der Waals surface area contributed by atoms with E-state index in [9.17, 15) is 0 Å². The molecule has 0 saturated carbocycles. The van der Waals surface area contributed by atoms with E-state index in [1.807, 2.05) is 50.2 Å². The Kier molecular flexibility index (Phi) is 7.68. The van der Waals surface area contributed by atoms with Crippen LogP contribution in [-0.4, -0.2) is 36.2 Å². The Balaban J connectivity index is 1.46. The molecule has 1 aliphatic heterocycles. The maximum absolute atomic E-state index is 6.45. The minimum atomic E-state index is 0.199. The molecule has 3 aromatic rings. The van der Waals surface area contributed by atoms with Crippen LogP contribution in [-0.2, 0) is 6.54 Å². The van der Waals surface area contributed by atoms with Gasteiger partial charge in [0.25, 0.3) is 6.01 Å². The highest BCUT2D eigenvalue weighted by atomic mass is 35.5. The molecular formula is C25H29Cl2N3O3. The number of nitrogen functional groups attached to an aromatic ring is 1. The van der Waals surface area contributed by atoms with E-state index in [-0.39, 0.29) is 11.9 Å². The van der Waals surface area contributed by atoms with Crippen molar-refractivity contribution in [3.63, 3.8) is 0 Å². The van der Waals surface area contributed by atoms with Gasteiger partial charge in [-0.2, -0.15) is 4.98 Å². The summed E-state index contributed by atoms with van der Waals surface area (Å²) >= 11 is 12.5. The van der Waals surface area contributed by atoms with E-state index in [0.29, 0.717) is 34.8 Å². The first-order valence-electron chi connectivity index (χ1n) is 11.3. The Bertz CT molecular complexity index is 1050. The number of ether oxygens (including phenoxy) is 2. The van der Waals surface area contributed by atoms with E-state index in [1.54, 1.807) is 0 Å². The number of likely N-dealkylation sites (tertiary alicyclic amines) is 1. The van der Waals surface area contributed by atoms with Crippen LogP contribution in [0.3, 0.4) is 0 Å². The van der Waals surface area contributed by atoms with Crippen molar-refractivity contribution >= 4 is 29.2 Å². The summed E-state index contributed by atoms with van der Waals surface area (Å²) in [5.41, 5.74) is 8.82. The number of benzene rings is 2. The third-order valence-corrected chi connectivity index (χ3v) is 6.44. The van der Waals surface area contributed by atoms with Crippen LogP contribution in [0.5, 0.6) is 11.5 Å². The second-order valence-corrected chi connectivity index (χ2v) is 8.91. The molecule has 1 fully saturated rings. The molecule has 0 atom stereocenters. The van der Waals surface area contributed by atoms with Crippen LogP contribution in [0.2, 0.25) is 10.0 Å². The highest BCUT2D eigenvalue weighted by Crippen LogP contribution is 2.39. The number of halogens is 2. The van der Waals surface area contributed by atoms with Gasteiger partial charge in [-0.1, -0.05) is 35.3 Å². The molecular weight excluding hydrogens is 461 g/mol. The first kappa shape index (κ1) is 23.7. The molecule has 1 saturated heterocycles. The zero-order chi connectivity index (χ0) is 23.4. The molecule has 4 rings (SSSR count). The van der Waals surface area contributed by atoms with Gasteiger partial charge in [-0.25, -0.2) is 0 Å². The molecule has 2 aromatic carbocycles. The lowest BCUT2D eigenvalue weighted by atomic mass is 9.91. The highest BCUT2D eigenvalue weighted by Gasteiger charge is 2.28. The zero-order valence-electron chi connectivity index (χ0n) is 18.9. The van der Waals surface area contributed by atoms with E-state index < -0.39 is 0 Å². The summed E-state index contributed by atoms with van der Waals surface area (Å²) in [6, 6.07) is 11.8. The van der Waals surface area contributed by atoms with Crippen LogP contribution in [0.1, 0.15) is 43.9 Å². The number of hydrogen-bond donors (Lipinski definition) is 1. The molecule has 176 valence electrons. The Hall–Kier alpha value is -2.41. The summed E-state index contributed by atoms with van der Waals surface area (Å²) < 4.78 is 17.3. The fourth-order valence-electron chi connectivity index (χ4n) is 4.29. The molecule has 0 amide bonds. The van der Waals surface area contributed by atoms with Crippen molar-refractivity contribution in [2.45, 2.75) is 39.2 Å². The summed E-state index contributed by atoms with van der Waals surface area (Å²) in [6.07, 6.45) is 1.92. The summed E-state index contributed by atoms with van der Waals surface area (Å²) in [6.45, 7) is 7.66. The molecule has 0 bridgehead atoms. The third kappa shape index (κ3) is 5.57. The summed E-state index contributed by atoms with van der Waals surface area (Å²) in [5.74, 6) is 2.46. The standard InChI is InChI=1S/C25H29Cl2N3O3/c1-3-31-20-13-16(14-21(22(20)27)32-4-2)15-30-11-9-18(10-12-30)24-23(29-25(28)33-24)17-5-7-19(26)8-6-17/h5-8,13-14,18H,3-4,9-12,15H2,1-2H3,(H2,28,29). The van der Waals surface area contributed by atoms with Crippen molar-refractivity contribution < 1.29 is 13.9 Å². The van der Waals surface area contributed by atoms with Crippen molar-refractivity contribution in [2.24, 2.45) is 0 Å². The topological polar surface area (TPSA) is 73.8 Å². The fourth-order valence-corrected chi connectivity index (χ4v) is 4.63. The van der Waals surface area contributed by atoms with Crippen molar-refractivity contribution in [3.05, 3.63) is 57.8 Å². The van der Waals surface area contributed by atoms with E-state index in [1.165, 1.54) is 0 Å². The fraction of sp³-hybridized carbons (Fsp3) is 0.400. The number of nitrogens with two attached hydrogens (primary N) is 1. The maximum atomic E-state index is 6.45. The van der Waals surface area contributed by atoms with E-state index in [4.69, 9.17) is 42.8 Å². The molecule has 0 aliphatic carbocycles. The van der Waals surface area contributed by atoms with Crippen molar-refractivity contribution in [1.82, 2.24) is 9.88 Å². The minimum Gasteiger partial charge on any atom is -0.492 e. The van der Waals surface area contributed by atoms with Gasteiger partial charge in [0.2, 0.25) is 0 Å². The van der Waals surface area contributed by atoms with Gasteiger partial charge in [0, 0.05) is 23.0 Å². The van der Waals surface area contributed by atoms with E-state index in [2.05, 4.69) is 9.88 Å². The van der Waals surface area contributed by atoms with Gasteiger partial charge in [0.1, 0.15) is 28.0 Å². The van der Waals surface area contributed by atoms with Crippen molar-refractivity contribution in [2.75, 3.05) is 32.0 Å². The summed E-state index contributed by atoms with van der Waals surface area (Å²) in [5, 5.41) is 1.21. The molecule has 1 aliphatic rings. The molecule has 0 unspecified atom stereocenters. The van der Waals surface area contributed by atoms with Gasteiger partial charge in [-0.15, -0.1) is 0 Å². The van der Waals surface area contributed by atoms with Crippen LogP contribution in [0.15, 0.2) is 40.8 Å². The van der Waals surface area contributed by atoms with E-state index >= 15 is 0 Å². The lowest BCUT2D eigenvalue weighted by Gasteiger charge is -2.31. The molecule has 6 nitrogen and oxygen atoms in total. The summed E-state index contributed by atoms with van der Waals surface area (Å²) in [7, 11) is 0. The number of piperidine rings is 1. The molecule has 2 N–H and O–H groups in total. The van der Waals surface area contributed by atoms with Gasteiger partial charge >= 0.3 is 0 Å². The largest absolute Gasteiger partial charge is 0.492 e. The summed E-state index contributed by atoms with van der Waals surface area (Å²) in [4.78, 5) is 6.87. The molecule has 0 radical (unpaired) electrons. The molecule has 1 aromatic heterocycles. The molecule has 0 spiro atoms. The van der Waals surface area contributed by atoms with Crippen LogP contribution in [0.25, 0.3) is 11.3 Å². The van der Waals surface area contributed by atoms with Gasteiger partial charge in [-0.05, 0) is 69.6 Å². The average molecular weight is 490 g/mol. The average Bonchev–Trinajstić information content (AvgIpc) is 3.20. The first-order chi connectivity index (χ1) is 16.0. The van der Waals surface area contributed by atoms with Crippen LogP contribution >= 0.6 is 23.2 Å². The first-order valence-corrected chi connectivity index (χ1v) is 12.1. The zero-order valence-corrected chi connectivity index (χ0v) is 20.5. The maximum Gasteiger partial charge on any atom is 0.292 e. The van der Waals surface area contributed by atoms with Crippen LogP contribution in [0, 0.1) is 0 Å². The number of oxazole rings is 1. The smallest absolute Gasteiger partial charge is 0.292 e. The molecule has 2 heterocycles. The lowest BCUT2D eigenvalue weighted by Crippen LogP contribution is -2.32. The van der Waals surface area contributed by atoms with Crippen LogP contribution in [0.4, 0.5) is 6.01 Å². The van der Waals surface area contributed by atoms with Gasteiger partial charge in [0.15, 0.2) is 0 Å². The number of anilines is 1. The number of rotatable bonds is 8. The Morgan fingerprint density at radius 2 is 1.64 bits per heavy atom. The predicted molar refractivity (Wildman–Crippen MR) is 132 cm³/mol. The molecule has 8 heteroatoms. The van der Waals surface area contributed by atoms with Crippen molar-refractivity contribution in [1.29, 1.82) is 0 Å². The number of aromatic nitrogens is 1. The minimum absolute atomic E-state index is 0.199. The highest BCUT2D eigenvalue weighted by molar-refractivity contribution is 6.33. The van der Waals surface area contributed by atoms with Crippen molar-refractivity contribution in [3.8, 4) is 22.8 Å². The Morgan fingerprint density at radius 3 is 2.21 bits per heavy atom. The lowest BCUT2D eigenvalue weighted by molar-refractivity contribution is 0.195. The number of hydrogen-bond acceptors (Lipinski definition) is 6. The molecule has 33 heavy (non-hydrogen) atoms. The number of nitrogens with zero attached hydrogens (tertiary/aromatic N) is 2. The Morgan fingerprint density at radius 1 is 1.03 bits per heavy atom. The normalized spacial score (nSPS) is 15.0. The SMILES string of the molecule is CCOc1cc(CN2CCC(c3oc(N)nc3-c3ccc(Cl)cc3)CC2)cc(OCC)c1Cl. The second kappa shape index (κ2) is 10.7. The quantitative estimate of drug-likeness (QED) is 0.394. The van der Waals surface area contributed by atoms with E-state index in [0.717, 1.165) is 55.1 Å². The van der Waals surface area contributed by atoms with Gasteiger partial charge in [-0.3, -0.25) is 4.90 Å². The van der Waals surface area contributed by atoms with Gasteiger partial charge in [0.05, 0.1) is 13.2 Å². The Labute approximate surface area is 204 Å². The van der Waals surface area contributed by atoms with Gasteiger partial charge < -0.3 is 19.6 Å². The predicted octanol–water partition coefficient (Wildman–Crippen LogP) is 6.41. The van der Waals surface area contributed by atoms with Crippen LogP contribution < -0.4 is 15.2 Å². The second-order valence-electron chi connectivity index (χ2n) is 8.09.